The number of nitrogens with one attached hydrogen (secondary N) is 1. The summed E-state index contributed by atoms with van der Waals surface area (Å²) < 4.78 is 37.3. The number of hydrogen-bond donors (Lipinski definition) is 1. The fraction of sp³-hybridized carbons (Fsp3) is 0.500. The van der Waals surface area contributed by atoms with E-state index in [0.717, 1.165) is 31.5 Å². The molecule has 1 amide bonds. The van der Waals surface area contributed by atoms with Crippen molar-refractivity contribution in [2.24, 2.45) is 0 Å². The van der Waals surface area contributed by atoms with E-state index in [2.05, 4.69) is 5.32 Å². The number of alkyl halides is 3. The van der Waals surface area contributed by atoms with Gasteiger partial charge in [0.25, 0.3) is 0 Å². The summed E-state index contributed by atoms with van der Waals surface area (Å²) in [5.41, 5.74) is 0.0135. The van der Waals surface area contributed by atoms with Crippen molar-refractivity contribution in [1.82, 2.24) is 10.2 Å². The highest BCUT2D eigenvalue weighted by atomic mass is 19.4. The number of likely N-dealkylation sites (N-methyl/N-ethyl adjacent to an activating group) is 1. The van der Waals surface area contributed by atoms with E-state index in [0.29, 0.717) is 12.1 Å². The quantitative estimate of drug-likeness (QED) is 0.925. The Morgan fingerprint density at radius 1 is 1.35 bits per heavy atom. The number of hydrogen-bond acceptors (Lipinski definition) is 2. The molecule has 1 aromatic rings. The van der Waals surface area contributed by atoms with Gasteiger partial charge in [-0.15, -0.1) is 0 Å². The summed E-state index contributed by atoms with van der Waals surface area (Å²) in [6.07, 6.45) is -2.53. The highest BCUT2D eigenvalue weighted by Crippen LogP contribution is 2.29. The molecular formula is C14H17F3N2O. The normalized spacial score (nSPS) is 19.1. The second kappa shape index (κ2) is 5.83. The van der Waals surface area contributed by atoms with Gasteiger partial charge in [0.1, 0.15) is 0 Å². The van der Waals surface area contributed by atoms with E-state index >= 15 is 0 Å². The van der Waals surface area contributed by atoms with Crippen molar-refractivity contribution in [2.75, 3.05) is 13.6 Å². The van der Waals surface area contributed by atoms with E-state index in [9.17, 15) is 18.0 Å². The molecule has 1 fully saturated rings. The average molecular weight is 286 g/mol. The van der Waals surface area contributed by atoms with Gasteiger partial charge in [0.05, 0.1) is 11.6 Å². The third-order valence-electron chi connectivity index (χ3n) is 3.44. The Balaban J connectivity index is 1.97. The first kappa shape index (κ1) is 14.8. The van der Waals surface area contributed by atoms with Crippen LogP contribution in [0.3, 0.4) is 0 Å². The molecule has 1 aliphatic heterocycles. The molecule has 3 nitrogen and oxygen atoms in total. The molecule has 1 atom stereocenters. The minimum Gasteiger partial charge on any atom is -0.340 e. The van der Waals surface area contributed by atoms with Crippen LogP contribution in [0.1, 0.15) is 24.0 Å². The fourth-order valence-electron chi connectivity index (χ4n) is 2.31. The Kier molecular flexibility index (Phi) is 4.32. The molecule has 0 unspecified atom stereocenters. The van der Waals surface area contributed by atoms with Crippen LogP contribution in [0.15, 0.2) is 24.3 Å². The van der Waals surface area contributed by atoms with Crippen molar-refractivity contribution in [1.29, 1.82) is 0 Å². The maximum atomic E-state index is 12.4. The van der Waals surface area contributed by atoms with Crippen molar-refractivity contribution < 1.29 is 18.0 Å². The molecule has 0 aliphatic carbocycles. The van der Waals surface area contributed by atoms with Gasteiger partial charge in [0.15, 0.2) is 0 Å². The van der Waals surface area contributed by atoms with Gasteiger partial charge in [-0.25, -0.2) is 0 Å². The summed E-state index contributed by atoms with van der Waals surface area (Å²) >= 11 is 0. The lowest BCUT2D eigenvalue weighted by Crippen LogP contribution is -2.41. The standard InChI is InChI=1S/C14H17F3N2O/c1-19(13(20)12-3-2-8-18-12)9-10-4-6-11(7-5-10)14(15,16)17/h4-7,12,18H,2-3,8-9H2,1H3/t12-/m0/s1. The van der Waals surface area contributed by atoms with E-state index < -0.39 is 11.7 Å². The third kappa shape index (κ3) is 3.50. The second-order valence-corrected chi connectivity index (χ2v) is 5.04. The van der Waals surface area contributed by atoms with Crippen LogP contribution in [0.4, 0.5) is 13.2 Å². The summed E-state index contributed by atoms with van der Waals surface area (Å²) in [7, 11) is 1.67. The lowest BCUT2D eigenvalue weighted by Gasteiger charge is -2.21. The summed E-state index contributed by atoms with van der Waals surface area (Å²) in [6, 6.07) is 4.75. The molecule has 0 saturated carbocycles. The highest BCUT2D eigenvalue weighted by molar-refractivity contribution is 5.81. The lowest BCUT2D eigenvalue weighted by atomic mass is 10.1. The molecule has 0 spiro atoms. The van der Waals surface area contributed by atoms with Crippen molar-refractivity contribution in [3.8, 4) is 0 Å². The zero-order valence-electron chi connectivity index (χ0n) is 11.2. The van der Waals surface area contributed by atoms with Gasteiger partial charge in [-0.1, -0.05) is 12.1 Å². The summed E-state index contributed by atoms with van der Waals surface area (Å²) in [5, 5.41) is 3.11. The Morgan fingerprint density at radius 2 is 2.00 bits per heavy atom. The van der Waals surface area contributed by atoms with Crippen LogP contribution in [0.25, 0.3) is 0 Å². The van der Waals surface area contributed by atoms with Crippen LogP contribution in [0.5, 0.6) is 0 Å². The van der Waals surface area contributed by atoms with Gasteiger partial charge in [-0.2, -0.15) is 13.2 Å². The minimum atomic E-state index is -4.33. The SMILES string of the molecule is CN(Cc1ccc(C(F)(F)F)cc1)C(=O)[C@@H]1CCCN1. The highest BCUT2D eigenvalue weighted by Gasteiger charge is 2.30. The molecule has 1 heterocycles. The number of benzene rings is 1. The zero-order chi connectivity index (χ0) is 14.8. The van der Waals surface area contributed by atoms with Gasteiger partial charge >= 0.3 is 6.18 Å². The monoisotopic (exact) mass is 286 g/mol. The molecule has 1 N–H and O–H groups in total. The van der Waals surface area contributed by atoms with Gasteiger partial charge in [-0.05, 0) is 37.1 Å². The van der Waals surface area contributed by atoms with Crippen LogP contribution >= 0.6 is 0 Å². The number of amides is 1. The van der Waals surface area contributed by atoms with Crippen LogP contribution in [-0.4, -0.2) is 30.4 Å². The van der Waals surface area contributed by atoms with Crippen LogP contribution in [0, 0.1) is 0 Å². The summed E-state index contributed by atoms with van der Waals surface area (Å²) in [4.78, 5) is 13.6. The van der Waals surface area contributed by atoms with Crippen molar-refractivity contribution in [3.05, 3.63) is 35.4 Å². The molecule has 2 rings (SSSR count). The Morgan fingerprint density at radius 3 is 2.50 bits per heavy atom. The predicted octanol–water partition coefficient (Wildman–Crippen LogP) is 2.42. The van der Waals surface area contributed by atoms with E-state index in [1.165, 1.54) is 12.1 Å². The Hall–Kier alpha value is -1.56. The number of nitrogens with zero attached hydrogens (tertiary/aromatic N) is 1. The first-order valence-corrected chi connectivity index (χ1v) is 6.52. The molecule has 1 aliphatic rings. The van der Waals surface area contributed by atoms with Gasteiger partial charge < -0.3 is 10.2 Å². The van der Waals surface area contributed by atoms with Crippen molar-refractivity contribution in [2.45, 2.75) is 31.6 Å². The molecule has 0 bridgehead atoms. The van der Waals surface area contributed by atoms with Crippen LogP contribution in [-0.2, 0) is 17.5 Å². The van der Waals surface area contributed by atoms with E-state index in [4.69, 9.17) is 0 Å². The number of rotatable bonds is 3. The minimum absolute atomic E-state index is 0.0117. The van der Waals surface area contributed by atoms with Crippen molar-refractivity contribution >= 4 is 5.91 Å². The molecule has 1 saturated heterocycles. The number of carbonyl (C=O) groups excluding carboxylic acids is 1. The van der Waals surface area contributed by atoms with Crippen LogP contribution in [0.2, 0.25) is 0 Å². The number of halogens is 3. The first-order valence-electron chi connectivity index (χ1n) is 6.52. The average Bonchev–Trinajstić information content (AvgIpc) is 2.91. The van der Waals surface area contributed by atoms with Gasteiger partial charge in [-0.3, -0.25) is 4.79 Å². The van der Waals surface area contributed by atoms with E-state index in [1.807, 2.05) is 0 Å². The summed E-state index contributed by atoms with van der Waals surface area (Å²) in [6.45, 7) is 1.15. The largest absolute Gasteiger partial charge is 0.416 e. The van der Waals surface area contributed by atoms with Gasteiger partial charge in [0.2, 0.25) is 5.91 Å². The maximum absolute atomic E-state index is 12.4. The fourth-order valence-corrected chi connectivity index (χ4v) is 2.31. The molecule has 0 radical (unpaired) electrons. The molecule has 6 heteroatoms. The lowest BCUT2D eigenvalue weighted by molar-refractivity contribution is -0.137. The Labute approximate surface area is 115 Å². The van der Waals surface area contributed by atoms with E-state index in [1.54, 1.807) is 11.9 Å². The molecule has 20 heavy (non-hydrogen) atoms. The van der Waals surface area contributed by atoms with Crippen LogP contribution < -0.4 is 5.32 Å². The molecule has 110 valence electrons. The topological polar surface area (TPSA) is 32.3 Å². The maximum Gasteiger partial charge on any atom is 0.416 e. The third-order valence-corrected chi connectivity index (χ3v) is 3.44. The number of carbonyl (C=O) groups is 1. The predicted molar refractivity (Wildman–Crippen MR) is 68.9 cm³/mol. The zero-order valence-corrected chi connectivity index (χ0v) is 11.2. The second-order valence-electron chi connectivity index (χ2n) is 5.04. The summed E-state index contributed by atoms with van der Waals surface area (Å²) in [5.74, 6) is -0.0117. The first-order chi connectivity index (χ1) is 9.38. The Bertz CT molecular complexity index is 464. The molecule has 1 aromatic carbocycles. The smallest absolute Gasteiger partial charge is 0.340 e. The molecular weight excluding hydrogens is 269 g/mol. The molecule has 0 aromatic heterocycles. The van der Waals surface area contributed by atoms with Gasteiger partial charge in [0, 0.05) is 13.6 Å². The van der Waals surface area contributed by atoms with Crippen molar-refractivity contribution in [3.63, 3.8) is 0 Å². The van der Waals surface area contributed by atoms with E-state index in [-0.39, 0.29) is 11.9 Å².